The van der Waals surface area contributed by atoms with E-state index in [0.29, 0.717) is 12.4 Å². The summed E-state index contributed by atoms with van der Waals surface area (Å²) >= 11 is 1.71. The lowest BCUT2D eigenvalue weighted by molar-refractivity contribution is -0.385. The van der Waals surface area contributed by atoms with Gasteiger partial charge in [0.1, 0.15) is 12.0 Å². The van der Waals surface area contributed by atoms with Crippen LogP contribution >= 0.6 is 11.8 Å². The first kappa shape index (κ1) is 14.3. The molecule has 0 aliphatic rings. The number of nitro groups is 1. The summed E-state index contributed by atoms with van der Waals surface area (Å²) < 4.78 is 0. The first-order valence-electron chi connectivity index (χ1n) is 6.04. The molecule has 0 saturated carbocycles. The van der Waals surface area contributed by atoms with Crippen molar-refractivity contribution >= 4 is 23.3 Å². The van der Waals surface area contributed by atoms with Crippen LogP contribution in [0.25, 0.3) is 0 Å². The van der Waals surface area contributed by atoms with Gasteiger partial charge in [-0.15, -0.1) is 11.8 Å². The molecule has 0 spiro atoms. The average molecular weight is 289 g/mol. The van der Waals surface area contributed by atoms with Crippen LogP contribution in [0, 0.1) is 10.1 Å². The largest absolute Gasteiger partial charge is 0.355 e. The highest BCUT2D eigenvalue weighted by Gasteiger charge is 2.08. The van der Waals surface area contributed by atoms with Crippen molar-refractivity contribution in [1.82, 2.24) is 4.98 Å². The number of aromatic nitrogens is 1. The summed E-state index contributed by atoms with van der Waals surface area (Å²) in [7, 11) is 1.91. The molecule has 0 aliphatic heterocycles. The van der Waals surface area contributed by atoms with E-state index in [1.807, 2.05) is 18.2 Å². The van der Waals surface area contributed by atoms with Crippen LogP contribution in [0.1, 0.15) is 5.56 Å². The van der Waals surface area contributed by atoms with E-state index >= 15 is 0 Å². The summed E-state index contributed by atoms with van der Waals surface area (Å²) in [4.78, 5) is 17.4. The second-order valence-corrected chi connectivity index (χ2v) is 5.22. The molecule has 0 N–H and O–H groups in total. The van der Waals surface area contributed by atoms with Crippen LogP contribution in [0.5, 0.6) is 0 Å². The molecule has 5 nitrogen and oxygen atoms in total. The fraction of sp³-hybridized carbons (Fsp3) is 0.214. The van der Waals surface area contributed by atoms with Crippen LogP contribution in [0.2, 0.25) is 0 Å². The summed E-state index contributed by atoms with van der Waals surface area (Å²) in [6.07, 6.45) is 3.32. The van der Waals surface area contributed by atoms with Gasteiger partial charge >= 0.3 is 0 Å². The smallest absolute Gasteiger partial charge is 0.287 e. The standard InChI is InChI=1S/C14H15N3O2S/c1-16(10-11-3-6-13(20-2)7-4-11)14-8-5-12(9-15-14)17(18)19/h3-9H,10H2,1-2H3. The number of hydrogen-bond donors (Lipinski definition) is 0. The third-order valence-electron chi connectivity index (χ3n) is 2.91. The fourth-order valence-electron chi connectivity index (χ4n) is 1.80. The van der Waals surface area contributed by atoms with E-state index in [1.165, 1.54) is 22.7 Å². The Labute approximate surface area is 121 Å². The molecule has 0 radical (unpaired) electrons. The van der Waals surface area contributed by atoms with E-state index < -0.39 is 4.92 Å². The Balaban J connectivity index is 2.06. The maximum absolute atomic E-state index is 10.6. The van der Waals surface area contributed by atoms with E-state index in [1.54, 1.807) is 17.8 Å². The van der Waals surface area contributed by atoms with Crippen LogP contribution in [0.3, 0.4) is 0 Å². The number of pyridine rings is 1. The van der Waals surface area contributed by atoms with Gasteiger partial charge in [-0.05, 0) is 30.0 Å². The van der Waals surface area contributed by atoms with Crippen LogP contribution in [0.15, 0.2) is 47.5 Å². The maximum Gasteiger partial charge on any atom is 0.287 e. The van der Waals surface area contributed by atoms with Crippen LogP contribution in [0.4, 0.5) is 11.5 Å². The number of rotatable bonds is 5. The van der Waals surface area contributed by atoms with Gasteiger partial charge in [0.2, 0.25) is 0 Å². The van der Waals surface area contributed by atoms with Crippen LogP contribution < -0.4 is 4.90 Å². The molecule has 0 fully saturated rings. The molecule has 0 aliphatic carbocycles. The summed E-state index contributed by atoms with van der Waals surface area (Å²) in [5.41, 5.74) is 1.18. The Kier molecular flexibility index (Phi) is 4.57. The molecule has 0 atom stereocenters. The minimum Gasteiger partial charge on any atom is -0.355 e. The van der Waals surface area contributed by atoms with E-state index in [4.69, 9.17) is 0 Å². The second kappa shape index (κ2) is 6.38. The Hall–Kier alpha value is -2.08. The Morgan fingerprint density at radius 2 is 1.95 bits per heavy atom. The van der Waals surface area contributed by atoms with Crippen molar-refractivity contribution in [2.45, 2.75) is 11.4 Å². The van der Waals surface area contributed by atoms with Crippen LogP contribution in [-0.2, 0) is 6.54 Å². The van der Waals surface area contributed by atoms with Gasteiger partial charge < -0.3 is 4.90 Å². The summed E-state index contributed by atoms with van der Waals surface area (Å²) in [5, 5.41) is 10.6. The quantitative estimate of drug-likeness (QED) is 0.480. The zero-order chi connectivity index (χ0) is 14.5. The highest BCUT2D eigenvalue weighted by atomic mass is 32.2. The molecule has 0 unspecified atom stereocenters. The van der Waals surface area contributed by atoms with E-state index in [9.17, 15) is 10.1 Å². The fourth-order valence-corrected chi connectivity index (χ4v) is 2.21. The summed E-state index contributed by atoms with van der Waals surface area (Å²) in [6, 6.07) is 11.4. The molecule has 0 bridgehead atoms. The van der Waals surface area contributed by atoms with Gasteiger partial charge in [0.05, 0.1) is 4.92 Å². The molecule has 104 valence electrons. The minimum absolute atomic E-state index is 0.00599. The highest BCUT2D eigenvalue weighted by molar-refractivity contribution is 7.98. The van der Waals surface area contributed by atoms with Crippen molar-refractivity contribution in [3.8, 4) is 0 Å². The molecule has 6 heteroatoms. The predicted octanol–water partition coefficient (Wildman–Crippen LogP) is 3.35. The van der Waals surface area contributed by atoms with Crippen molar-refractivity contribution in [2.24, 2.45) is 0 Å². The topological polar surface area (TPSA) is 59.3 Å². The third-order valence-corrected chi connectivity index (χ3v) is 3.66. The summed E-state index contributed by atoms with van der Waals surface area (Å²) in [6.45, 7) is 0.708. The lowest BCUT2D eigenvalue weighted by atomic mass is 10.2. The first-order valence-corrected chi connectivity index (χ1v) is 7.27. The van der Waals surface area contributed by atoms with Crippen molar-refractivity contribution in [2.75, 3.05) is 18.2 Å². The molecule has 1 aromatic heterocycles. The third kappa shape index (κ3) is 3.48. The number of hydrogen-bond acceptors (Lipinski definition) is 5. The van der Waals surface area contributed by atoms with Gasteiger partial charge in [0.15, 0.2) is 0 Å². The van der Waals surface area contributed by atoms with Gasteiger partial charge in [-0.2, -0.15) is 0 Å². The first-order chi connectivity index (χ1) is 9.60. The van der Waals surface area contributed by atoms with Gasteiger partial charge in [0, 0.05) is 24.6 Å². The monoisotopic (exact) mass is 289 g/mol. The zero-order valence-corrected chi connectivity index (χ0v) is 12.1. The normalized spacial score (nSPS) is 10.3. The SMILES string of the molecule is CSc1ccc(CN(C)c2ccc([N+](=O)[O-])cn2)cc1. The maximum atomic E-state index is 10.6. The molecule has 2 rings (SSSR count). The molecule has 20 heavy (non-hydrogen) atoms. The molecular weight excluding hydrogens is 274 g/mol. The predicted molar refractivity (Wildman–Crippen MR) is 81.2 cm³/mol. The van der Waals surface area contributed by atoms with Crippen molar-refractivity contribution in [3.63, 3.8) is 0 Å². The van der Waals surface area contributed by atoms with Gasteiger partial charge in [0.25, 0.3) is 5.69 Å². The number of benzene rings is 1. The Morgan fingerprint density at radius 1 is 1.25 bits per heavy atom. The number of nitrogens with zero attached hydrogens (tertiary/aromatic N) is 3. The molecule has 0 amide bonds. The molecule has 1 heterocycles. The molecule has 0 saturated heterocycles. The number of thioether (sulfide) groups is 1. The van der Waals surface area contributed by atoms with Crippen molar-refractivity contribution < 1.29 is 4.92 Å². The average Bonchev–Trinajstić information content (AvgIpc) is 2.48. The van der Waals surface area contributed by atoms with Gasteiger partial charge in [-0.3, -0.25) is 10.1 Å². The van der Waals surface area contributed by atoms with Gasteiger partial charge in [-0.25, -0.2) is 4.98 Å². The zero-order valence-electron chi connectivity index (χ0n) is 11.3. The minimum atomic E-state index is -0.447. The second-order valence-electron chi connectivity index (χ2n) is 4.34. The lowest BCUT2D eigenvalue weighted by Gasteiger charge is -2.18. The van der Waals surface area contributed by atoms with E-state index in [-0.39, 0.29) is 5.69 Å². The van der Waals surface area contributed by atoms with E-state index in [0.717, 1.165) is 0 Å². The Morgan fingerprint density at radius 3 is 2.45 bits per heavy atom. The van der Waals surface area contributed by atoms with E-state index in [2.05, 4.69) is 29.2 Å². The molecular formula is C14H15N3O2S. The van der Waals surface area contributed by atoms with Crippen molar-refractivity contribution in [1.29, 1.82) is 0 Å². The van der Waals surface area contributed by atoms with Crippen LogP contribution in [-0.4, -0.2) is 23.2 Å². The summed E-state index contributed by atoms with van der Waals surface area (Å²) in [5.74, 6) is 0.713. The highest BCUT2D eigenvalue weighted by Crippen LogP contribution is 2.19. The molecule has 1 aromatic carbocycles. The number of anilines is 1. The van der Waals surface area contributed by atoms with Gasteiger partial charge in [-0.1, -0.05) is 12.1 Å². The Bertz CT molecular complexity index is 584. The molecule has 2 aromatic rings. The van der Waals surface area contributed by atoms with Crippen molar-refractivity contribution in [3.05, 3.63) is 58.3 Å². The lowest BCUT2D eigenvalue weighted by Crippen LogP contribution is -2.17.